The van der Waals surface area contributed by atoms with Crippen LogP contribution in [0.15, 0.2) is 10.9 Å². The summed E-state index contributed by atoms with van der Waals surface area (Å²) in [6.07, 6.45) is 0. The Bertz CT molecular complexity index is 303. The highest BCUT2D eigenvalue weighted by Crippen LogP contribution is 2.08. The molecule has 60 valence electrons. The van der Waals surface area contributed by atoms with Gasteiger partial charge in [-0.2, -0.15) is 4.98 Å². The molecule has 1 aromatic heterocycles. The normalized spacial score (nSPS) is 10.5. The lowest BCUT2D eigenvalue weighted by Gasteiger charge is -2.03. The summed E-state index contributed by atoms with van der Waals surface area (Å²) in [6.45, 7) is 3.95. The molecule has 4 heteroatoms. The lowest BCUT2D eigenvalue weighted by Crippen LogP contribution is -2.12. The second-order valence-corrected chi connectivity index (χ2v) is 2.71. The number of aromatic nitrogens is 2. The number of nitrogens with zero attached hydrogens (tertiary/aromatic N) is 1. The predicted molar refractivity (Wildman–Crippen MR) is 43.4 cm³/mol. The molecule has 1 heterocycles. The number of hydrogen-bond donors (Lipinski definition) is 2. The van der Waals surface area contributed by atoms with Gasteiger partial charge in [-0.25, -0.2) is 0 Å². The fourth-order valence-electron chi connectivity index (χ4n) is 0.807. The molecular weight excluding hydrogens is 142 g/mol. The highest BCUT2D eigenvalue weighted by molar-refractivity contribution is 5.18. The summed E-state index contributed by atoms with van der Waals surface area (Å²) >= 11 is 0. The molecule has 0 aliphatic carbocycles. The van der Waals surface area contributed by atoms with Gasteiger partial charge in [0.2, 0.25) is 5.95 Å². The monoisotopic (exact) mass is 153 g/mol. The number of nitrogen functional groups attached to an aromatic ring is 1. The summed E-state index contributed by atoms with van der Waals surface area (Å²) in [5.74, 6) is 0.453. The van der Waals surface area contributed by atoms with E-state index in [1.807, 2.05) is 13.8 Å². The molecule has 0 aliphatic heterocycles. The number of aromatic amines is 1. The standard InChI is InChI=1S/C7H11N3O/c1-4(2)5-3-6(11)10-7(8)9-5/h3-4H,1-2H3,(H3,8,9,10,11). The SMILES string of the molecule is CC(C)c1cc(=O)nc(N)[nH]1. The molecule has 1 rings (SSSR count). The van der Waals surface area contributed by atoms with Crippen LogP contribution in [0.2, 0.25) is 0 Å². The van der Waals surface area contributed by atoms with Gasteiger partial charge in [-0.1, -0.05) is 13.8 Å². The second kappa shape index (κ2) is 2.74. The Morgan fingerprint density at radius 3 is 2.73 bits per heavy atom. The summed E-state index contributed by atoms with van der Waals surface area (Å²) in [5.41, 5.74) is 5.87. The average molecular weight is 153 g/mol. The third-order valence-electron chi connectivity index (χ3n) is 1.40. The van der Waals surface area contributed by atoms with Gasteiger partial charge in [-0.05, 0) is 5.92 Å². The van der Waals surface area contributed by atoms with Crippen LogP contribution in [-0.4, -0.2) is 9.97 Å². The Balaban J connectivity index is 3.19. The Morgan fingerprint density at radius 2 is 2.27 bits per heavy atom. The molecule has 0 unspecified atom stereocenters. The fourth-order valence-corrected chi connectivity index (χ4v) is 0.807. The van der Waals surface area contributed by atoms with Crippen LogP contribution >= 0.6 is 0 Å². The molecule has 1 aromatic rings. The van der Waals surface area contributed by atoms with Crippen LogP contribution in [0.25, 0.3) is 0 Å². The van der Waals surface area contributed by atoms with Crippen molar-refractivity contribution >= 4 is 5.95 Å². The first kappa shape index (κ1) is 7.78. The van der Waals surface area contributed by atoms with Crippen LogP contribution in [-0.2, 0) is 0 Å². The Hall–Kier alpha value is -1.32. The molecule has 3 N–H and O–H groups in total. The largest absolute Gasteiger partial charge is 0.369 e. The van der Waals surface area contributed by atoms with Crippen LogP contribution in [0.1, 0.15) is 25.5 Å². The minimum atomic E-state index is -0.287. The zero-order valence-electron chi connectivity index (χ0n) is 6.59. The summed E-state index contributed by atoms with van der Waals surface area (Å²) in [5, 5.41) is 0. The molecular formula is C7H11N3O. The van der Waals surface area contributed by atoms with Crippen LogP contribution < -0.4 is 11.3 Å². The van der Waals surface area contributed by atoms with Crippen molar-refractivity contribution in [2.75, 3.05) is 5.73 Å². The van der Waals surface area contributed by atoms with E-state index < -0.39 is 0 Å². The first-order chi connectivity index (χ1) is 5.09. The van der Waals surface area contributed by atoms with Crippen molar-refractivity contribution in [3.63, 3.8) is 0 Å². The smallest absolute Gasteiger partial charge is 0.274 e. The van der Waals surface area contributed by atoms with Crippen molar-refractivity contribution in [3.05, 3.63) is 22.1 Å². The van der Waals surface area contributed by atoms with E-state index in [2.05, 4.69) is 9.97 Å². The molecule has 0 atom stereocenters. The van der Waals surface area contributed by atoms with E-state index in [0.29, 0.717) is 0 Å². The maximum atomic E-state index is 10.8. The molecule has 0 bridgehead atoms. The molecule has 0 saturated heterocycles. The van der Waals surface area contributed by atoms with Crippen LogP contribution in [0.4, 0.5) is 5.95 Å². The van der Waals surface area contributed by atoms with Crippen molar-refractivity contribution in [2.45, 2.75) is 19.8 Å². The second-order valence-electron chi connectivity index (χ2n) is 2.71. The molecule has 0 aromatic carbocycles. The maximum absolute atomic E-state index is 10.8. The van der Waals surface area contributed by atoms with Gasteiger partial charge in [-0.3, -0.25) is 4.79 Å². The molecule has 0 radical (unpaired) electrons. The van der Waals surface area contributed by atoms with Gasteiger partial charge in [0.1, 0.15) is 0 Å². The van der Waals surface area contributed by atoms with Gasteiger partial charge in [0.15, 0.2) is 0 Å². The van der Waals surface area contributed by atoms with E-state index in [0.717, 1.165) is 5.69 Å². The zero-order valence-corrected chi connectivity index (χ0v) is 6.59. The van der Waals surface area contributed by atoms with Crippen molar-refractivity contribution in [1.82, 2.24) is 9.97 Å². The number of nitrogens with two attached hydrogens (primary N) is 1. The number of rotatable bonds is 1. The van der Waals surface area contributed by atoms with Gasteiger partial charge in [0, 0.05) is 11.8 Å². The van der Waals surface area contributed by atoms with E-state index in [1.165, 1.54) is 6.07 Å². The summed E-state index contributed by atoms with van der Waals surface area (Å²) in [6, 6.07) is 1.46. The average Bonchev–Trinajstić information content (AvgIpc) is 1.85. The van der Waals surface area contributed by atoms with E-state index >= 15 is 0 Å². The van der Waals surface area contributed by atoms with Gasteiger partial charge in [0.05, 0.1) is 0 Å². The molecule has 4 nitrogen and oxygen atoms in total. The van der Waals surface area contributed by atoms with Gasteiger partial charge in [0.25, 0.3) is 5.56 Å². The van der Waals surface area contributed by atoms with E-state index in [9.17, 15) is 4.79 Å². The lowest BCUT2D eigenvalue weighted by atomic mass is 10.1. The molecule has 0 saturated carbocycles. The number of H-pyrrole nitrogens is 1. The van der Waals surface area contributed by atoms with Crippen LogP contribution in [0.3, 0.4) is 0 Å². The van der Waals surface area contributed by atoms with E-state index in [4.69, 9.17) is 5.73 Å². The number of anilines is 1. The highest BCUT2D eigenvalue weighted by atomic mass is 16.1. The number of nitrogens with one attached hydrogen (secondary N) is 1. The molecule has 0 aliphatic rings. The molecule has 0 amide bonds. The summed E-state index contributed by atoms with van der Waals surface area (Å²) in [4.78, 5) is 17.1. The van der Waals surface area contributed by atoms with Gasteiger partial charge >= 0.3 is 0 Å². The van der Waals surface area contributed by atoms with Gasteiger partial charge in [-0.15, -0.1) is 0 Å². The first-order valence-corrected chi connectivity index (χ1v) is 3.46. The van der Waals surface area contributed by atoms with Crippen LogP contribution in [0.5, 0.6) is 0 Å². The van der Waals surface area contributed by atoms with E-state index in [-0.39, 0.29) is 17.4 Å². The highest BCUT2D eigenvalue weighted by Gasteiger charge is 2.00. The zero-order chi connectivity index (χ0) is 8.43. The predicted octanol–water partition coefficient (Wildman–Crippen LogP) is 0.476. The minimum absolute atomic E-state index is 0.182. The Kier molecular flexibility index (Phi) is 1.94. The van der Waals surface area contributed by atoms with Gasteiger partial charge < -0.3 is 10.7 Å². The van der Waals surface area contributed by atoms with Crippen molar-refractivity contribution in [3.8, 4) is 0 Å². The summed E-state index contributed by atoms with van der Waals surface area (Å²) < 4.78 is 0. The molecule has 11 heavy (non-hydrogen) atoms. The third kappa shape index (κ3) is 1.80. The van der Waals surface area contributed by atoms with Crippen molar-refractivity contribution in [2.24, 2.45) is 0 Å². The number of hydrogen-bond acceptors (Lipinski definition) is 3. The quantitative estimate of drug-likeness (QED) is 0.616. The lowest BCUT2D eigenvalue weighted by molar-refractivity contribution is 0.813. The topological polar surface area (TPSA) is 71.8 Å². The third-order valence-corrected chi connectivity index (χ3v) is 1.40. The first-order valence-electron chi connectivity index (χ1n) is 3.46. The fraction of sp³-hybridized carbons (Fsp3) is 0.429. The molecule has 0 spiro atoms. The minimum Gasteiger partial charge on any atom is -0.369 e. The van der Waals surface area contributed by atoms with Crippen LogP contribution in [0, 0.1) is 0 Å². The Labute approximate surface area is 64.5 Å². The van der Waals surface area contributed by atoms with Crippen molar-refractivity contribution < 1.29 is 0 Å². The van der Waals surface area contributed by atoms with E-state index in [1.54, 1.807) is 0 Å². The molecule has 0 fully saturated rings. The van der Waals surface area contributed by atoms with Crippen molar-refractivity contribution in [1.29, 1.82) is 0 Å². The maximum Gasteiger partial charge on any atom is 0.274 e. The Morgan fingerprint density at radius 1 is 1.64 bits per heavy atom. The summed E-state index contributed by atoms with van der Waals surface area (Å²) in [7, 11) is 0.